The highest BCUT2D eigenvalue weighted by Crippen LogP contribution is 2.30. The smallest absolute Gasteiger partial charge is 0.410 e. The van der Waals surface area contributed by atoms with Crippen LogP contribution >= 0.6 is 0 Å². The third-order valence-corrected chi connectivity index (χ3v) is 3.79. The van der Waals surface area contributed by atoms with Gasteiger partial charge in [-0.1, -0.05) is 6.07 Å². The number of ether oxygens (including phenoxy) is 2. The molecule has 0 aromatic heterocycles. The molecule has 0 aliphatic carbocycles. The van der Waals surface area contributed by atoms with Gasteiger partial charge in [-0.15, -0.1) is 0 Å². The summed E-state index contributed by atoms with van der Waals surface area (Å²) in [6, 6.07) is 4.25. The van der Waals surface area contributed by atoms with Crippen molar-refractivity contribution in [3.8, 4) is 5.75 Å². The molecule has 1 aromatic rings. The summed E-state index contributed by atoms with van der Waals surface area (Å²) in [6.07, 6.45) is 0.560. The molecule has 1 heterocycles. The third-order valence-electron chi connectivity index (χ3n) is 3.79. The average Bonchev–Trinajstić information content (AvgIpc) is 2.46. The maximum atomic E-state index is 12.0. The van der Waals surface area contributed by atoms with Crippen molar-refractivity contribution in [3.05, 3.63) is 28.8 Å². The Hall–Kier alpha value is -1.75. The zero-order valence-corrected chi connectivity index (χ0v) is 13.0. The minimum absolute atomic E-state index is 0.125. The molecule has 1 atom stereocenters. The average molecular weight is 292 g/mol. The van der Waals surface area contributed by atoms with E-state index in [1.807, 2.05) is 26.8 Å². The van der Waals surface area contributed by atoms with Gasteiger partial charge in [-0.05, 0) is 44.4 Å². The van der Waals surface area contributed by atoms with E-state index >= 15 is 0 Å². The highest BCUT2D eigenvalue weighted by atomic mass is 16.6. The van der Waals surface area contributed by atoms with Gasteiger partial charge < -0.3 is 20.1 Å². The molecule has 0 saturated carbocycles. The third kappa shape index (κ3) is 3.29. The first-order chi connectivity index (χ1) is 10.1. The van der Waals surface area contributed by atoms with Gasteiger partial charge in [0.05, 0.1) is 13.2 Å². The fraction of sp³-hybridized carbons (Fsp3) is 0.562. The number of nitrogens with two attached hydrogens (primary N) is 1. The van der Waals surface area contributed by atoms with Gasteiger partial charge in [-0.25, -0.2) is 4.79 Å². The van der Waals surface area contributed by atoms with Crippen molar-refractivity contribution < 1.29 is 14.3 Å². The van der Waals surface area contributed by atoms with Crippen LogP contribution in [-0.2, 0) is 24.2 Å². The second kappa shape index (κ2) is 6.80. The normalized spacial score (nSPS) is 17.3. The SMILES string of the molecule is CCOC(=O)N1Cc2cc(OCC)c(CN)cc2CC1C. The van der Waals surface area contributed by atoms with E-state index in [0.717, 1.165) is 23.3 Å². The number of carbonyl (C=O) groups excluding carboxylic acids is 1. The Morgan fingerprint density at radius 3 is 2.71 bits per heavy atom. The molecule has 0 spiro atoms. The number of hydrogen-bond donors (Lipinski definition) is 1. The van der Waals surface area contributed by atoms with Gasteiger partial charge in [0.15, 0.2) is 0 Å². The van der Waals surface area contributed by atoms with Crippen LogP contribution in [0.3, 0.4) is 0 Å². The number of fused-ring (bicyclic) bond motifs is 1. The number of amides is 1. The predicted molar refractivity (Wildman–Crippen MR) is 81.2 cm³/mol. The lowest BCUT2D eigenvalue weighted by atomic mass is 9.92. The first-order valence-corrected chi connectivity index (χ1v) is 7.51. The largest absolute Gasteiger partial charge is 0.494 e. The van der Waals surface area contributed by atoms with E-state index in [9.17, 15) is 4.79 Å². The molecular formula is C16H24N2O3. The molecule has 1 unspecified atom stereocenters. The molecule has 1 aliphatic heterocycles. The molecule has 0 saturated heterocycles. The molecule has 21 heavy (non-hydrogen) atoms. The highest BCUT2D eigenvalue weighted by Gasteiger charge is 2.28. The monoisotopic (exact) mass is 292 g/mol. The number of benzene rings is 1. The minimum atomic E-state index is -0.253. The van der Waals surface area contributed by atoms with Crippen molar-refractivity contribution >= 4 is 6.09 Å². The number of hydrogen-bond acceptors (Lipinski definition) is 4. The van der Waals surface area contributed by atoms with Crippen LogP contribution in [0.15, 0.2) is 12.1 Å². The van der Waals surface area contributed by atoms with Crippen LogP contribution in [0.1, 0.15) is 37.5 Å². The Balaban J connectivity index is 2.29. The van der Waals surface area contributed by atoms with Gasteiger partial charge in [0.25, 0.3) is 0 Å². The van der Waals surface area contributed by atoms with Crippen molar-refractivity contribution in [1.29, 1.82) is 0 Å². The maximum absolute atomic E-state index is 12.0. The van der Waals surface area contributed by atoms with E-state index in [1.54, 1.807) is 4.90 Å². The van der Waals surface area contributed by atoms with E-state index in [-0.39, 0.29) is 12.1 Å². The first-order valence-electron chi connectivity index (χ1n) is 7.51. The topological polar surface area (TPSA) is 64.8 Å². The fourth-order valence-corrected chi connectivity index (χ4v) is 2.72. The number of carbonyl (C=O) groups is 1. The van der Waals surface area contributed by atoms with Gasteiger partial charge in [0, 0.05) is 24.7 Å². The molecule has 2 N–H and O–H groups in total. The summed E-state index contributed by atoms with van der Waals surface area (Å²) < 4.78 is 10.8. The Bertz CT molecular complexity index is 516. The van der Waals surface area contributed by atoms with Crippen LogP contribution < -0.4 is 10.5 Å². The molecule has 1 aromatic carbocycles. The van der Waals surface area contributed by atoms with Crippen LogP contribution in [0.25, 0.3) is 0 Å². The molecule has 1 aliphatic rings. The Labute approximate surface area is 126 Å². The summed E-state index contributed by atoms with van der Waals surface area (Å²) >= 11 is 0. The van der Waals surface area contributed by atoms with E-state index in [0.29, 0.717) is 26.3 Å². The van der Waals surface area contributed by atoms with Gasteiger partial charge in [-0.3, -0.25) is 0 Å². The number of nitrogens with zero attached hydrogens (tertiary/aromatic N) is 1. The van der Waals surface area contributed by atoms with Crippen molar-refractivity contribution in [2.24, 2.45) is 5.73 Å². The molecule has 5 heteroatoms. The summed E-state index contributed by atoms with van der Waals surface area (Å²) in [7, 11) is 0. The molecule has 5 nitrogen and oxygen atoms in total. The zero-order valence-electron chi connectivity index (χ0n) is 13.0. The highest BCUT2D eigenvalue weighted by molar-refractivity contribution is 5.68. The van der Waals surface area contributed by atoms with Crippen molar-refractivity contribution in [1.82, 2.24) is 4.90 Å². The van der Waals surface area contributed by atoms with Gasteiger partial charge in [0.1, 0.15) is 5.75 Å². The van der Waals surface area contributed by atoms with Gasteiger partial charge >= 0.3 is 6.09 Å². The Morgan fingerprint density at radius 1 is 1.33 bits per heavy atom. The second-order valence-electron chi connectivity index (χ2n) is 5.25. The van der Waals surface area contributed by atoms with Crippen molar-refractivity contribution in [2.45, 2.75) is 46.3 Å². The summed E-state index contributed by atoms with van der Waals surface area (Å²) in [5.74, 6) is 0.817. The Morgan fingerprint density at radius 2 is 2.10 bits per heavy atom. The maximum Gasteiger partial charge on any atom is 0.410 e. The van der Waals surface area contributed by atoms with Crippen LogP contribution in [0.5, 0.6) is 5.75 Å². The lowest BCUT2D eigenvalue weighted by Crippen LogP contribution is -2.43. The number of rotatable bonds is 4. The summed E-state index contributed by atoms with van der Waals surface area (Å²) in [4.78, 5) is 13.8. The molecule has 116 valence electrons. The van der Waals surface area contributed by atoms with Gasteiger partial charge in [0.2, 0.25) is 0 Å². The van der Waals surface area contributed by atoms with Crippen LogP contribution in [0.4, 0.5) is 4.79 Å². The summed E-state index contributed by atoms with van der Waals surface area (Å²) in [5, 5.41) is 0. The summed E-state index contributed by atoms with van der Waals surface area (Å²) in [6.45, 7) is 7.82. The van der Waals surface area contributed by atoms with Crippen LogP contribution in [0, 0.1) is 0 Å². The van der Waals surface area contributed by atoms with E-state index in [1.165, 1.54) is 5.56 Å². The first kappa shape index (κ1) is 15.6. The van der Waals surface area contributed by atoms with Crippen molar-refractivity contribution in [2.75, 3.05) is 13.2 Å². The van der Waals surface area contributed by atoms with Crippen LogP contribution in [-0.4, -0.2) is 30.2 Å². The second-order valence-corrected chi connectivity index (χ2v) is 5.25. The summed E-state index contributed by atoms with van der Waals surface area (Å²) in [5.41, 5.74) is 9.18. The van der Waals surface area contributed by atoms with Crippen molar-refractivity contribution in [3.63, 3.8) is 0 Å². The molecule has 0 bridgehead atoms. The lowest BCUT2D eigenvalue weighted by molar-refractivity contribution is 0.0861. The van der Waals surface area contributed by atoms with E-state index in [4.69, 9.17) is 15.2 Å². The van der Waals surface area contributed by atoms with E-state index < -0.39 is 0 Å². The molecule has 1 amide bonds. The standard InChI is InChI=1S/C16H24N2O3/c1-4-20-15-8-14-10-18(16(19)21-5-2)11(3)6-12(14)7-13(15)9-17/h7-8,11H,4-6,9-10,17H2,1-3H3. The van der Waals surface area contributed by atoms with Gasteiger partial charge in [-0.2, -0.15) is 0 Å². The molecule has 2 rings (SSSR count). The minimum Gasteiger partial charge on any atom is -0.494 e. The predicted octanol–water partition coefficient (Wildman–Crippen LogP) is 2.45. The zero-order chi connectivity index (χ0) is 15.4. The molecule has 0 fully saturated rings. The molecule has 0 radical (unpaired) electrons. The van der Waals surface area contributed by atoms with E-state index in [2.05, 4.69) is 6.07 Å². The van der Waals surface area contributed by atoms with Crippen LogP contribution in [0.2, 0.25) is 0 Å². The quantitative estimate of drug-likeness (QED) is 0.925. The Kier molecular flexibility index (Phi) is 5.07. The lowest BCUT2D eigenvalue weighted by Gasteiger charge is -2.34. The molecular weight excluding hydrogens is 268 g/mol. The fourth-order valence-electron chi connectivity index (χ4n) is 2.72.